The fourth-order valence-electron chi connectivity index (χ4n) is 1.62. The van der Waals surface area contributed by atoms with E-state index >= 15 is 0 Å². The normalized spacial score (nSPS) is 10.5. The summed E-state index contributed by atoms with van der Waals surface area (Å²) in [6, 6.07) is 3.89. The zero-order valence-corrected chi connectivity index (χ0v) is 11.9. The Balaban J connectivity index is 2.28. The van der Waals surface area contributed by atoms with Gasteiger partial charge in [-0.2, -0.15) is 0 Å². The van der Waals surface area contributed by atoms with E-state index in [1.165, 1.54) is 18.0 Å². The van der Waals surface area contributed by atoms with Crippen molar-refractivity contribution in [2.45, 2.75) is 30.8 Å². The Hall–Kier alpha value is -1.69. The summed E-state index contributed by atoms with van der Waals surface area (Å²) >= 11 is 1.21. The van der Waals surface area contributed by atoms with Gasteiger partial charge < -0.3 is 5.32 Å². The Morgan fingerprint density at radius 1 is 1.26 bits per heavy atom. The van der Waals surface area contributed by atoms with E-state index in [9.17, 15) is 4.39 Å². The first-order valence-corrected chi connectivity index (χ1v) is 6.79. The highest BCUT2D eigenvalue weighted by molar-refractivity contribution is 7.99. The molecule has 2 aromatic heterocycles. The van der Waals surface area contributed by atoms with Crippen molar-refractivity contribution in [3.05, 3.63) is 35.4 Å². The lowest BCUT2D eigenvalue weighted by Gasteiger charge is -2.06. The molecule has 0 atom stereocenters. The molecule has 0 fully saturated rings. The highest BCUT2D eigenvalue weighted by Gasteiger charge is 2.10. The molecule has 0 bridgehead atoms. The molecule has 0 aliphatic rings. The summed E-state index contributed by atoms with van der Waals surface area (Å²) in [6.07, 6.45) is 1.18. The minimum atomic E-state index is -0.437. The van der Waals surface area contributed by atoms with Crippen LogP contribution in [0, 0.1) is 19.7 Å². The number of aryl methyl sites for hydroxylation is 2. The largest absolute Gasteiger partial charge is 0.354 e. The van der Waals surface area contributed by atoms with E-state index in [-0.39, 0.29) is 5.03 Å². The Kier molecular flexibility index (Phi) is 4.31. The molecular weight excluding hydrogens is 263 g/mol. The first kappa shape index (κ1) is 13.7. The van der Waals surface area contributed by atoms with Gasteiger partial charge in [-0.1, -0.05) is 0 Å². The van der Waals surface area contributed by atoms with Gasteiger partial charge in [0.1, 0.15) is 10.1 Å². The minimum absolute atomic E-state index is 0.281. The van der Waals surface area contributed by atoms with Gasteiger partial charge in [-0.3, -0.25) is 0 Å². The Labute approximate surface area is 115 Å². The molecule has 2 heterocycles. The fraction of sp³-hybridized carbons (Fsp3) is 0.308. The molecule has 4 nitrogen and oxygen atoms in total. The van der Waals surface area contributed by atoms with Crippen LogP contribution < -0.4 is 5.32 Å². The van der Waals surface area contributed by atoms with Crippen LogP contribution in [-0.4, -0.2) is 21.5 Å². The zero-order valence-electron chi connectivity index (χ0n) is 11.1. The van der Waals surface area contributed by atoms with Gasteiger partial charge in [-0.25, -0.2) is 19.3 Å². The maximum Gasteiger partial charge on any atom is 0.223 e. The van der Waals surface area contributed by atoms with Crippen LogP contribution >= 0.6 is 11.8 Å². The number of anilines is 1. The van der Waals surface area contributed by atoms with Gasteiger partial charge in [0.15, 0.2) is 5.82 Å². The van der Waals surface area contributed by atoms with Crippen LogP contribution in [0.4, 0.5) is 10.3 Å². The van der Waals surface area contributed by atoms with Crippen LogP contribution in [0.15, 0.2) is 28.4 Å². The van der Waals surface area contributed by atoms with Gasteiger partial charge in [0.05, 0.1) is 6.20 Å². The van der Waals surface area contributed by atoms with E-state index in [1.54, 1.807) is 0 Å². The minimum Gasteiger partial charge on any atom is -0.354 e. The summed E-state index contributed by atoms with van der Waals surface area (Å²) in [4.78, 5) is 12.4. The summed E-state index contributed by atoms with van der Waals surface area (Å²) in [5.41, 5.74) is 2.00. The quantitative estimate of drug-likeness (QED) is 0.870. The molecular formula is C13H15FN4S. The number of aromatic nitrogens is 3. The Morgan fingerprint density at radius 2 is 2.05 bits per heavy atom. The van der Waals surface area contributed by atoms with E-state index in [1.807, 2.05) is 32.9 Å². The van der Waals surface area contributed by atoms with Crippen LogP contribution in [0.3, 0.4) is 0 Å². The third-order valence-corrected chi connectivity index (χ3v) is 3.22. The molecule has 2 rings (SSSR count). The van der Waals surface area contributed by atoms with Crippen molar-refractivity contribution < 1.29 is 4.39 Å². The van der Waals surface area contributed by atoms with Crippen LogP contribution in [-0.2, 0) is 0 Å². The van der Waals surface area contributed by atoms with Gasteiger partial charge in [-0.15, -0.1) is 0 Å². The molecule has 0 amide bonds. The summed E-state index contributed by atoms with van der Waals surface area (Å²) in [7, 11) is 0. The van der Waals surface area contributed by atoms with E-state index < -0.39 is 5.82 Å². The fourth-order valence-corrected chi connectivity index (χ4v) is 2.54. The van der Waals surface area contributed by atoms with E-state index in [2.05, 4.69) is 20.3 Å². The third-order valence-electron chi connectivity index (χ3n) is 2.32. The van der Waals surface area contributed by atoms with Crippen LogP contribution in [0.1, 0.15) is 18.2 Å². The molecule has 0 saturated heterocycles. The highest BCUT2D eigenvalue weighted by Crippen LogP contribution is 2.27. The topological polar surface area (TPSA) is 50.7 Å². The second-order valence-electron chi connectivity index (χ2n) is 4.10. The maximum atomic E-state index is 13.7. The SMILES string of the molecule is CCNc1ncc(F)c(Sc2cc(C)cc(C)n2)n1. The lowest BCUT2D eigenvalue weighted by molar-refractivity contribution is 0.579. The van der Waals surface area contributed by atoms with Crippen molar-refractivity contribution in [2.24, 2.45) is 0 Å². The molecule has 1 N–H and O–H groups in total. The molecule has 0 aromatic carbocycles. The van der Waals surface area contributed by atoms with Crippen molar-refractivity contribution in [3.63, 3.8) is 0 Å². The first-order chi connectivity index (χ1) is 9.08. The predicted octanol–water partition coefficient (Wildman–Crippen LogP) is 3.21. The molecule has 0 aliphatic heterocycles. The molecule has 0 aliphatic carbocycles. The third kappa shape index (κ3) is 3.64. The molecule has 0 spiro atoms. The van der Waals surface area contributed by atoms with Gasteiger partial charge in [0, 0.05) is 12.2 Å². The Bertz CT molecular complexity index is 569. The van der Waals surface area contributed by atoms with E-state index in [0.29, 0.717) is 12.5 Å². The smallest absolute Gasteiger partial charge is 0.223 e. The lowest BCUT2D eigenvalue weighted by atomic mass is 10.3. The maximum absolute atomic E-state index is 13.7. The molecule has 19 heavy (non-hydrogen) atoms. The van der Waals surface area contributed by atoms with Crippen LogP contribution in [0.25, 0.3) is 0 Å². The molecule has 0 radical (unpaired) electrons. The average molecular weight is 278 g/mol. The molecule has 100 valence electrons. The summed E-state index contributed by atoms with van der Waals surface area (Å²) < 4.78 is 13.7. The monoisotopic (exact) mass is 278 g/mol. The van der Waals surface area contributed by atoms with Crippen molar-refractivity contribution in [2.75, 3.05) is 11.9 Å². The lowest BCUT2D eigenvalue weighted by Crippen LogP contribution is -2.03. The first-order valence-electron chi connectivity index (χ1n) is 5.98. The standard InChI is InChI=1S/C13H15FN4S/c1-4-15-13-16-7-10(14)12(18-13)19-11-6-8(2)5-9(3)17-11/h5-7H,4H2,1-3H3,(H,15,16,18). The number of rotatable bonds is 4. The second-order valence-corrected chi connectivity index (χ2v) is 5.11. The second kappa shape index (κ2) is 5.97. The van der Waals surface area contributed by atoms with Crippen LogP contribution in [0.5, 0.6) is 0 Å². The zero-order chi connectivity index (χ0) is 13.8. The molecule has 0 unspecified atom stereocenters. The van der Waals surface area contributed by atoms with Crippen molar-refractivity contribution >= 4 is 17.7 Å². The predicted molar refractivity (Wildman–Crippen MR) is 74.0 cm³/mol. The molecule has 6 heteroatoms. The average Bonchev–Trinajstić information content (AvgIpc) is 2.32. The van der Waals surface area contributed by atoms with Gasteiger partial charge in [-0.05, 0) is 50.2 Å². The van der Waals surface area contributed by atoms with E-state index in [4.69, 9.17) is 0 Å². The molecule has 2 aromatic rings. The van der Waals surface area contributed by atoms with Gasteiger partial charge in [0.2, 0.25) is 5.95 Å². The highest BCUT2D eigenvalue weighted by atomic mass is 32.2. The van der Waals surface area contributed by atoms with Crippen LogP contribution in [0.2, 0.25) is 0 Å². The number of hydrogen-bond acceptors (Lipinski definition) is 5. The number of pyridine rings is 1. The van der Waals surface area contributed by atoms with Crippen molar-refractivity contribution in [1.82, 2.24) is 15.0 Å². The Morgan fingerprint density at radius 3 is 2.74 bits per heavy atom. The molecule has 0 saturated carbocycles. The number of halogens is 1. The summed E-state index contributed by atoms with van der Waals surface area (Å²) in [6.45, 7) is 6.53. The number of nitrogens with one attached hydrogen (secondary N) is 1. The van der Waals surface area contributed by atoms with Gasteiger partial charge in [0.25, 0.3) is 0 Å². The summed E-state index contributed by atoms with van der Waals surface area (Å²) in [5, 5.41) is 3.98. The van der Waals surface area contributed by atoms with Crippen molar-refractivity contribution in [3.8, 4) is 0 Å². The van der Waals surface area contributed by atoms with Gasteiger partial charge >= 0.3 is 0 Å². The number of nitrogens with zero attached hydrogens (tertiary/aromatic N) is 3. The van der Waals surface area contributed by atoms with E-state index in [0.717, 1.165) is 16.3 Å². The number of hydrogen-bond donors (Lipinski definition) is 1. The summed E-state index contributed by atoms with van der Waals surface area (Å²) in [5.74, 6) is -0.0108. The van der Waals surface area contributed by atoms with Crippen molar-refractivity contribution in [1.29, 1.82) is 0 Å².